The second-order valence-corrected chi connectivity index (χ2v) is 5.37. The highest BCUT2D eigenvalue weighted by Gasteiger charge is 2.07. The first-order valence-corrected chi connectivity index (χ1v) is 7.85. The van der Waals surface area contributed by atoms with Gasteiger partial charge in [0, 0.05) is 17.7 Å². The molecule has 0 saturated heterocycles. The van der Waals surface area contributed by atoms with Gasteiger partial charge in [-0.1, -0.05) is 35.5 Å². The Balaban J connectivity index is 1.56. The van der Waals surface area contributed by atoms with Gasteiger partial charge >= 0.3 is 0 Å². The normalized spacial score (nSPS) is 10.8. The van der Waals surface area contributed by atoms with Gasteiger partial charge in [0.2, 0.25) is 5.91 Å². The minimum absolute atomic E-state index is 0.183. The minimum Gasteiger partial charge on any atom is -0.497 e. The zero-order valence-corrected chi connectivity index (χ0v) is 13.8. The van der Waals surface area contributed by atoms with E-state index in [9.17, 15) is 4.79 Å². The van der Waals surface area contributed by atoms with Crippen LogP contribution in [0.25, 0.3) is 17.4 Å². The van der Waals surface area contributed by atoms with E-state index in [0.717, 1.165) is 16.9 Å². The molecule has 1 amide bonds. The van der Waals surface area contributed by atoms with E-state index in [4.69, 9.17) is 9.26 Å². The lowest BCUT2D eigenvalue weighted by Gasteiger charge is -1.99. The smallest absolute Gasteiger partial charge is 0.244 e. The van der Waals surface area contributed by atoms with Gasteiger partial charge in [-0.05, 0) is 35.9 Å². The van der Waals surface area contributed by atoms with Gasteiger partial charge in [0.25, 0.3) is 0 Å². The lowest BCUT2D eigenvalue weighted by atomic mass is 10.1. The number of hydrogen-bond acceptors (Lipinski definition) is 4. The summed E-state index contributed by atoms with van der Waals surface area (Å²) in [5.74, 6) is 1.24. The maximum Gasteiger partial charge on any atom is 0.244 e. The molecule has 0 unspecified atom stereocenters. The van der Waals surface area contributed by atoms with E-state index in [2.05, 4.69) is 10.5 Å². The maximum absolute atomic E-state index is 11.9. The molecule has 0 fully saturated rings. The quantitative estimate of drug-likeness (QED) is 0.699. The van der Waals surface area contributed by atoms with Gasteiger partial charge in [-0.25, -0.2) is 0 Å². The molecule has 3 rings (SSSR count). The van der Waals surface area contributed by atoms with Crippen molar-refractivity contribution in [3.8, 4) is 17.1 Å². The van der Waals surface area contributed by atoms with Gasteiger partial charge in [0.05, 0.1) is 13.7 Å². The zero-order chi connectivity index (χ0) is 17.5. The number of hydrogen-bond donors (Lipinski definition) is 1. The van der Waals surface area contributed by atoms with Crippen LogP contribution >= 0.6 is 0 Å². The average molecular weight is 334 g/mol. The van der Waals surface area contributed by atoms with Gasteiger partial charge in [0.15, 0.2) is 5.76 Å². The van der Waals surface area contributed by atoms with E-state index in [1.807, 2.05) is 60.7 Å². The number of ether oxygens (including phenoxy) is 1. The van der Waals surface area contributed by atoms with Crippen molar-refractivity contribution in [2.24, 2.45) is 0 Å². The molecular weight excluding hydrogens is 316 g/mol. The molecule has 5 heteroatoms. The maximum atomic E-state index is 11.9. The van der Waals surface area contributed by atoms with Gasteiger partial charge in [-0.3, -0.25) is 4.79 Å². The Bertz CT molecular complexity index is 852. The first kappa shape index (κ1) is 16.5. The number of aromatic nitrogens is 1. The summed E-state index contributed by atoms with van der Waals surface area (Å²) >= 11 is 0. The third-order valence-electron chi connectivity index (χ3n) is 3.60. The molecule has 0 aliphatic heterocycles. The summed E-state index contributed by atoms with van der Waals surface area (Å²) in [4.78, 5) is 11.9. The number of benzene rings is 2. The van der Waals surface area contributed by atoms with Gasteiger partial charge in [0.1, 0.15) is 11.4 Å². The van der Waals surface area contributed by atoms with Crippen LogP contribution < -0.4 is 10.1 Å². The van der Waals surface area contributed by atoms with Crippen LogP contribution in [0.4, 0.5) is 0 Å². The predicted octanol–water partition coefficient (Wildman–Crippen LogP) is 3.68. The van der Waals surface area contributed by atoms with Crippen molar-refractivity contribution in [1.29, 1.82) is 0 Å². The van der Waals surface area contributed by atoms with Crippen LogP contribution in [0.2, 0.25) is 0 Å². The third kappa shape index (κ3) is 4.57. The van der Waals surface area contributed by atoms with E-state index >= 15 is 0 Å². The summed E-state index contributed by atoms with van der Waals surface area (Å²) in [6.45, 7) is 0.303. The van der Waals surface area contributed by atoms with Crippen LogP contribution in [-0.4, -0.2) is 18.2 Å². The number of nitrogens with one attached hydrogen (secondary N) is 1. The number of amides is 1. The molecule has 0 aliphatic rings. The highest BCUT2D eigenvalue weighted by atomic mass is 16.5. The molecule has 0 bridgehead atoms. The monoisotopic (exact) mass is 334 g/mol. The minimum atomic E-state index is -0.183. The highest BCUT2D eigenvalue weighted by molar-refractivity contribution is 5.91. The number of rotatable bonds is 6. The Morgan fingerprint density at radius 1 is 1.16 bits per heavy atom. The molecule has 2 aromatic carbocycles. The molecule has 1 aromatic heterocycles. The van der Waals surface area contributed by atoms with E-state index in [0.29, 0.717) is 18.0 Å². The highest BCUT2D eigenvalue weighted by Crippen LogP contribution is 2.23. The Kier molecular flexibility index (Phi) is 5.26. The number of carbonyl (C=O) groups is 1. The topological polar surface area (TPSA) is 64.4 Å². The molecule has 0 aliphatic carbocycles. The first-order chi connectivity index (χ1) is 12.2. The summed E-state index contributed by atoms with van der Waals surface area (Å²) in [5.41, 5.74) is 2.53. The van der Waals surface area contributed by atoms with Crippen LogP contribution in [0.3, 0.4) is 0 Å². The standard InChI is InChI=1S/C20H18N2O3/c1-24-18-10-8-16(9-11-18)19-13-17(22-25-19)14-21-20(23)12-7-15-5-3-2-4-6-15/h2-13H,14H2,1H3,(H,21,23)/b12-7-. The first-order valence-electron chi connectivity index (χ1n) is 7.85. The Hall–Kier alpha value is -3.34. The molecule has 5 nitrogen and oxygen atoms in total. The molecule has 126 valence electrons. The van der Waals surface area contributed by atoms with Gasteiger partial charge in [-0.15, -0.1) is 0 Å². The summed E-state index contributed by atoms with van der Waals surface area (Å²) in [6.07, 6.45) is 3.26. The van der Waals surface area contributed by atoms with E-state index in [1.165, 1.54) is 6.08 Å². The Labute approximate surface area is 145 Å². The van der Waals surface area contributed by atoms with Crippen molar-refractivity contribution < 1.29 is 14.1 Å². The van der Waals surface area contributed by atoms with Crippen molar-refractivity contribution in [1.82, 2.24) is 10.5 Å². The molecular formula is C20H18N2O3. The molecule has 1 heterocycles. The lowest BCUT2D eigenvalue weighted by molar-refractivity contribution is -0.116. The SMILES string of the molecule is COc1ccc(-c2cc(CNC(=O)/C=C\c3ccccc3)no2)cc1. The van der Waals surface area contributed by atoms with Crippen molar-refractivity contribution >= 4 is 12.0 Å². The van der Waals surface area contributed by atoms with Crippen LogP contribution in [0, 0.1) is 0 Å². The fraction of sp³-hybridized carbons (Fsp3) is 0.100. The van der Waals surface area contributed by atoms with Crippen LogP contribution in [0.1, 0.15) is 11.3 Å². The molecule has 0 atom stereocenters. The van der Waals surface area contributed by atoms with Crippen molar-refractivity contribution in [3.05, 3.63) is 78.0 Å². The number of carbonyl (C=O) groups excluding carboxylic acids is 1. The molecule has 0 spiro atoms. The van der Waals surface area contributed by atoms with Crippen molar-refractivity contribution in [2.45, 2.75) is 6.54 Å². The zero-order valence-electron chi connectivity index (χ0n) is 13.8. The lowest BCUT2D eigenvalue weighted by Crippen LogP contribution is -2.20. The second-order valence-electron chi connectivity index (χ2n) is 5.37. The molecule has 0 radical (unpaired) electrons. The molecule has 1 N–H and O–H groups in total. The summed E-state index contributed by atoms with van der Waals surface area (Å²) in [5, 5.41) is 6.76. The number of methoxy groups -OCH3 is 1. The fourth-order valence-electron chi connectivity index (χ4n) is 2.26. The van der Waals surface area contributed by atoms with Crippen LogP contribution in [-0.2, 0) is 11.3 Å². The summed E-state index contributed by atoms with van der Waals surface area (Å²) in [7, 11) is 1.62. The Morgan fingerprint density at radius 2 is 1.92 bits per heavy atom. The third-order valence-corrected chi connectivity index (χ3v) is 3.60. The van der Waals surface area contributed by atoms with Crippen molar-refractivity contribution in [2.75, 3.05) is 7.11 Å². The van der Waals surface area contributed by atoms with Crippen LogP contribution in [0.15, 0.2) is 71.3 Å². The second kappa shape index (κ2) is 7.97. The molecule has 3 aromatic rings. The van der Waals surface area contributed by atoms with Gasteiger partial charge < -0.3 is 14.6 Å². The van der Waals surface area contributed by atoms with E-state index < -0.39 is 0 Å². The van der Waals surface area contributed by atoms with E-state index in [-0.39, 0.29) is 5.91 Å². The number of nitrogens with zero attached hydrogens (tertiary/aromatic N) is 1. The Morgan fingerprint density at radius 3 is 2.64 bits per heavy atom. The molecule has 0 saturated carbocycles. The van der Waals surface area contributed by atoms with Crippen LogP contribution in [0.5, 0.6) is 5.75 Å². The summed E-state index contributed by atoms with van der Waals surface area (Å²) in [6, 6.07) is 19.0. The van der Waals surface area contributed by atoms with E-state index in [1.54, 1.807) is 13.2 Å². The molecule has 25 heavy (non-hydrogen) atoms. The van der Waals surface area contributed by atoms with Gasteiger partial charge in [-0.2, -0.15) is 0 Å². The van der Waals surface area contributed by atoms with Crippen molar-refractivity contribution in [3.63, 3.8) is 0 Å². The fourth-order valence-corrected chi connectivity index (χ4v) is 2.26. The largest absolute Gasteiger partial charge is 0.497 e. The summed E-state index contributed by atoms with van der Waals surface area (Å²) < 4.78 is 10.5. The predicted molar refractivity (Wildman–Crippen MR) is 95.8 cm³/mol. The average Bonchev–Trinajstić information content (AvgIpc) is 3.14.